The van der Waals surface area contributed by atoms with E-state index >= 15 is 0 Å². The number of hydrogen-bond acceptors (Lipinski definition) is 4. The minimum absolute atomic E-state index is 0.0305. The van der Waals surface area contributed by atoms with Crippen LogP contribution >= 0.6 is 11.3 Å². The van der Waals surface area contributed by atoms with Crippen LogP contribution in [0.3, 0.4) is 0 Å². The third kappa shape index (κ3) is 4.49. The van der Waals surface area contributed by atoms with Crippen molar-refractivity contribution in [2.75, 3.05) is 21.1 Å². The average Bonchev–Trinajstić information content (AvgIpc) is 3.14. The molecule has 1 aromatic heterocycles. The molecule has 0 fully saturated rings. The minimum Gasteiger partial charge on any atom is -0.357 e. The fourth-order valence-corrected chi connectivity index (χ4v) is 3.42. The molecule has 1 unspecified atom stereocenters. The maximum Gasteiger partial charge on any atom is 0.263 e. The highest BCUT2D eigenvalue weighted by molar-refractivity contribution is 7.17. The van der Waals surface area contributed by atoms with E-state index < -0.39 is 6.04 Å². The molecule has 0 saturated carbocycles. The van der Waals surface area contributed by atoms with Gasteiger partial charge in [-0.15, -0.1) is 11.3 Å². The quantitative estimate of drug-likeness (QED) is 0.816. The molecule has 7 heteroatoms. The normalized spacial score (nSPS) is 11.5. The first-order valence-electron chi connectivity index (χ1n) is 8.31. The Kier molecular flexibility index (Phi) is 6.52. The summed E-state index contributed by atoms with van der Waals surface area (Å²) in [6, 6.07) is 10.3. The van der Waals surface area contributed by atoms with E-state index in [1.807, 2.05) is 25.1 Å². The molecule has 1 aromatic carbocycles. The van der Waals surface area contributed by atoms with Crippen molar-refractivity contribution in [2.45, 2.75) is 19.4 Å². The molecule has 2 rings (SSSR count). The Morgan fingerprint density at radius 2 is 1.73 bits per heavy atom. The molecule has 0 aliphatic carbocycles. The fourth-order valence-electron chi connectivity index (χ4n) is 2.38. The fraction of sp³-hybridized carbons (Fsp3) is 0.316. The first-order chi connectivity index (χ1) is 12.4. The Hall–Kier alpha value is -2.67. The first kappa shape index (κ1) is 19.7. The van der Waals surface area contributed by atoms with E-state index in [9.17, 15) is 14.4 Å². The van der Waals surface area contributed by atoms with E-state index in [1.54, 1.807) is 44.2 Å². The van der Waals surface area contributed by atoms with Crippen molar-refractivity contribution in [1.82, 2.24) is 15.5 Å². The van der Waals surface area contributed by atoms with E-state index in [0.717, 1.165) is 10.4 Å². The van der Waals surface area contributed by atoms with Gasteiger partial charge in [-0.1, -0.05) is 19.1 Å². The van der Waals surface area contributed by atoms with Crippen molar-refractivity contribution in [1.29, 1.82) is 0 Å². The summed E-state index contributed by atoms with van der Waals surface area (Å²) in [5, 5.41) is 5.27. The molecular formula is C19H23N3O3S. The molecule has 26 heavy (non-hydrogen) atoms. The van der Waals surface area contributed by atoms with Crippen LogP contribution in [0.2, 0.25) is 0 Å². The zero-order valence-electron chi connectivity index (χ0n) is 15.3. The van der Waals surface area contributed by atoms with Gasteiger partial charge in [-0.3, -0.25) is 14.4 Å². The third-order valence-electron chi connectivity index (χ3n) is 3.93. The molecule has 2 N–H and O–H groups in total. The summed E-state index contributed by atoms with van der Waals surface area (Å²) in [6.45, 7) is 1.84. The zero-order chi connectivity index (χ0) is 19.3. The van der Waals surface area contributed by atoms with E-state index in [-0.39, 0.29) is 17.7 Å². The number of rotatable bonds is 6. The largest absolute Gasteiger partial charge is 0.357 e. The predicted molar refractivity (Wildman–Crippen MR) is 103 cm³/mol. The number of carbonyl (C=O) groups is 3. The number of thiophene rings is 1. The molecule has 0 bridgehead atoms. The number of amides is 3. The van der Waals surface area contributed by atoms with E-state index in [1.165, 1.54) is 11.3 Å². The van der Waals surface area contributed by atoms with Crippen LogP contribution in [0.25, 0.3) is 10.4 Å². The van der Waals surface area contributed by atoms with Crippen molar-refractivity contribution in [3.05, 3.63) is 46.8 Å². The van der Waals surface area contributed by atoms with Gasteiger partial charge in [0.05, 0.1) is 4.88 Å². The molecular weight excluding hydrogens is 350 g/mol. The Morgan fingerprint density at radius 3 is 2.27 bits per heavy atom. The molecule has 0 spiro atoms. The molecule has 0 saturated heterocycles. The lowest BCUT2D eigenvalue weighted by Crippen LogP contribution is -2.45. The maximum absolute atomic E-state index is 12.3. The van der Waals surface area contributed by atoms with Crippen LogP contribution in [0.5, 0.6) is 0 Å². The van der Waals surface area contributed by atoms with Crippen LogP contribution in [0.4, 0.5) is 0 Å². The summed E-state index contributed by atoms with van der Waals surface area (Å²) < 4.78 is 0. The van der Waals surface area contributed by atoms with Crippen molar-refractivity contribution in [3.63, 3.8) is 0 Å². The second-order valence-electron chi connectivity index (χ2n) is 5.99. The van der Waals surface area contributed by atoms with E-state index in [2.05, 4.69) is 10.6 Å². The van der Waals surface area contributed by atoms with E-state index in [4.69, 9.17) is 0 Å². The van der Waals surface area contributed by atoms with Crippen molar-refractivity contribution in [3.8, 4) is 10.4 Å². The van der Waals surface area contributed by atoms with Crippen LogP contribution in [-0.4, -0.2) is 49.8 Å². The number of nitrogens with one attached hydrogen (secondary N) is 2. The molecule has 2 aromatic rings. The van der Waals surface area contributed by atoms with Gasteiger partial charge in [-0.2, -0.15) is 0 Å². The number of nitrogens with zero attached hydrogens (tertiary/aromatic N) is 1. The second-order valence-corrected chi connectivity index (χ2v) is 7.07. The van der Waals surface area contributed by atoms with Crippen molar-refractivity contribution < 1.29 is 14.4 Å². The standard InChI is InChI=1S/C19H23N3O3S/c1-5-14(18(24)20-2)21-17(23)13-8-6-12(7-9-13)15-10-11-16(26-15)19(25)22(3)4/h6-11,14H,5H2,1-4H3,(H,20,24)(H,21,23). The molecule has 0 aliphatic heterocycles. The second kappa shape index (κ2) is 8.62. The van der Waals surface area contributed by atoms with Crippen LogP contribution in [0.1, 0.15) is 33.4 Å². The molecule has 0 radical (unpaired) electrons. The average molecular weight is 373 g/mol. The summed E-state index contributed by atoms with van der Waals surface area (Å²) in [6.07, 6.45) is 0.515. The molecule has 138 valence electrons. The Balaban J connectivity index is 2.12. The van der Waals surface area contributed by atoms with Gasteiger partial charge in [-0.25, -0.2) is 0 Å². The summed E-state index contributed by atoms with van der Waals surface area (Å²) >= 11 is 1.41. The van der Waals surface area contributed by atoms with Gasteiger partial charge in [0.15, 0.2) is 0 Å². The monoisotopic (exact) mass is 373 g/mol. The first-order valence-corrected chi connectivity index (χ1v) is 9.13. The predicted octanol–water partition coefficient (Wildman–Crippen LogP) is 2.37. The zero-order valence-corrected chi connectivity index (χ0v) is 16.1. The highest BCUT2D eigenvalue weighted by Gasteiger charge is 2.18. The number of hydrogen-bond donors (Lipinski definition) is 2. The lowest BCUT2D eigenvalue weighted by atomic mass is 10.1. The molecule has 1 heterocycles. The van der Waals surface area contributed by atoms with Gasteiger partial charge in [-0.05, 0) is 36.2 Å². The maximum atomic E-state index is 12.3. The van der Waals surface area contributed by atoms with E-state index in [0.29, 0.717) is 16.9 Å². The van der Waals surface area contributed by atoms with Crippen LogP contribution in [-0.2, 0) is 4.79 Å². The van der Waals surface area contributed by atoms with Gasteiger partial charge in [0.2, 0.25) is 5.91 Å². The van der Waals surface area contributed by atoms with Crippen LogP contribution < -0.4 is 10.6 Å². The number of carbonyl (C=O) groups excluding carboxylic acids is 3. The third-order valence-corrected chi connectivity index (χ3v) is 5.05. The molecule has 3 amide bonds. The van der Waals surface area contributed by atoms with Gasteiger partial charge in [0, 0.05) is 31.6 Å². The number of benzene rings is 1. The summed E-state index contributed by atoms with van der Waals surface area (Å²) in [5.41, 5.74) is 1.42. The summed E-state index contributed by atoms with van der Waals surface area (Å²) in [7, 11) is 4.98. The van der Waals surface area contributed by atoms with Crippen LogP contribution in [0, 0.1) is 0 Å². The highest BCUT2D eigenvalue weighted by Crippen LogP contribution is 2.28. The topological polar surface area (TPSA) is 78.5 Å². The van der Waals surface area contributed by atoms with Gasteiger partial charge < -0.3 is 15.5 Å². The highest BCUT2D eigenvalue weighted by atomic mass is 32.1. The van der Waals surface area contributed by atoms with Gasteiger partial charge >= 0.3 is 0 Å². The van der Waals surface area contributed by atoms with Crippen LogP contribution in [0.15, 0.2) is 36.4 Å². The molecule has 0 aliphatic rings. The lowest BCUT2D eigenvalue weighted by Gasteiger charge is -2.15. The Morgan fingerprint density at radius 1 is 1.08 bits per heavy atom. The van der Waals surface area contributed by atoms with Crippen molar-refractivity contribution >= 4 is 29.1 Å². The Bertz CT molecular complexity index is 797. The van der Waals surface area contributed by atoms with Gasteiger partial charge in [0.25, 0.3) is 11.8 Å². The molecule has 1 atom stereocenters. The summed E-state index contributed by atoms with van der Waals surface area (Å²) in [5.74, 6) is -0.534. The summed E-state index contributed by atoms with van der Waals surface area (Å²) in [4.78, 5) is 39.2. The molecule has 6 nitrogen and oxygen atoms in total. The Labute approximate surface area is 157 Å². The lowest BCUT2D eigenvalue weighted by molar-refractivity contribution is -0.122. The van der Waals surface area contributed by atoms with Crippen molar-refractivity contribution in [2.24, 2.45) is 0 Å². The SMILES string of the molecule is CCC(NC(=O)c1ccc(-c2ccc(C(=O)N(C)C)s2)cc1)C(=O)NC. The number of likely N-dealkylation sites (N-methyl/N-ethyl adjacent to an activating group) is 1. The minimum atomic E-state index is -0.552. The van der Waals surface area contributed by atoms with Gasteiger partial charge in [0.1, 0.15) is 6.04 Å². The smallest absolute Gasteiger partial charge is 0.263 e.